The van der Waals surface area contributed by atoms with Crippen LogP contribution in [0.25, 0.3) is 0 Å². The molecule has 0 N–H and O–H groups in total. The third-order valence-corrected chi connectivity index (χ3v) is 5.69. The molecule has 166 valence electrons. The van der Waals surface area contributed by atoms with E-state index in [1.807, 2.05) is 0 Å². The topological polar surface area (TPSA) is 75.6 Å². The zero-order valence-electron chi connectivity index (χ0n) is 16.2. The lowest BCUT2D eigenvalue weighted by molar-refractivity contribution is -0.200. The van der Waals surface area contributed by atoms with E-state index in [1.54, 1.807) is 0 Å². The molecular formula is C18H21F5N4O3. The van der Waals surface area contributed by atoms with E-state index in [0.717, 1.165) is 29.1 Å². The fraction of sp³-hybridized carbons (Fsp3) is 0.667. The van der Waals surface area contributed by atoms with Crippen LogP contribution in [0.1, 0.15) is 38.3 Å². The van der Waals surface area contributed by atoms with Crippen molar-refractivity contribution in [3.05, 3.63) is 24.3 Å². The monoisotopic (exact) mass is 436 g/mol. The van der Waals surface area contributed by atoms with Crippen molar-refractivity contribution in [3.63, 3.8) is 0 Å². The average molecular weight is 436 g/mol. The summed E-state index contributed by atoms with van der Waals surface area (Å²) in [7, 11) is 0. The van der Waals surface area contributed by atoms with Gasteiger partial charge in [-0.2, -0.15) is 22.0 Å². The SMILES string of the molecule is CC(OC(=O)N1CCC2(CCCN2C(=O)C(F)(F)c2cnccn2)CC1)C(F)(F)F. The van der Waals surface area contributed by atoms with Gasteiger partial charge in [-0.1, -0.05) is 0 Å². The normalized spacial score (nSPS) is 20.3. The standard InChI is InChI=1S/C18H21F5N4O3/c1-12(18(21,22)23)30-15(29)26-9-4-16(5-10-26)3-2-8-27(16)14(28)17(19,20)13-11-24-6-7-25-13/h6-7,11-12H,2-5,8-10H2,1H3. The summed E-state index contributed by atoms with van der Waals surface area (Å²) in [5, 5.41) is 0. The lowest BCUT2D eigenvalue weighted by Gasteiger charge is -2.45. The van der Waals surface area contributed by atoms with Gasteiger partial charge in [0.1, 0.15) is 5.69 Å². The molecule has 12 heteroatoms. The van der Waals surface area contributed by atoms with Gasteiger partial charge in [0, 0.05) is 37.6 Å². The van der Waals surface area contributed by atoms with E-state index in [0.29, 0.717) is 12.8 Å². The van der Waals surface area contributed by atoms with E-state index >= 15 is 0 Å². The first-order valence-corrected chi connectivity index (χ1v) is 9.46. The van der Waals surface area contributed by atoms with Gasteiger partial charge in [-0.3, -0.25) is 14.8 Å². The highest BCUT2D eigenvalue weighted by Gasteiger charge is 2.54. The number of nitrogens with zero attached hydrogens (tertiary/aromatic N) is 4. The number of hydrogen-bond acceptors (Lipinski definition) is 5. The summed E-state index contributed by atoms with van der Waals surface area (Å²) >= 11 is 0. The van der Waals surface area contributed by atoms with Gasteiger partial charge in [0.05, 0.1) is 6.20 Å². The van der Waals surface area contributed by atoms with E-state index < -0.39 is 41.4 Å². The van der Waals surface area contributed by atoms with Crippen molar-refractivity contribution in [2.45, 2.75) is 56.3 Å². The molecule has 1 aromatic rings. The van der Waals surface area contributed by atoms with Gasteiger partial charge in [-0.15, -0.1) is 0 Å². The van der Waals surface area contributed by atoms with Gasteiger partial charge in [0.15, 0.2) is 6.10 Å². The predicted octanol–water partition coefficient (Wildman–Crippen LogP) is 3.11. The Morgan fingerprint density at radius 1 is 1.10 bits per heavy atom. The number of carbonyl (C=O) groups is 2. The second-order valence-electron chi connectivity index (χ2n) is 7.50. The van der Waals surface area contributed by atoms with E-state index in [2.05, 4.69) is 14.7 Å². The van der Waals surface area contributed by atoms with Gasteiger partial charge < -0.3 is 14.5 Å². The number of piperidine rings is 1. The minimum atomic E-state index is -4.67. The average Bonchev–Trinajstić information content (AvgIpc) is 3.10. The highest BCUT2D eigenvalue weighted by atomic mass is 19.4. The largest absolute Gasteiger partial charge is 0.437 e. The number of carbonyl (C=O) groups excluding carboxylic acids is 2. The second-order valence-corrected chi connectivity index (χ2v) is 7.50. The number of amides is 2. The van der Waals surface area contributed by atoms with Gasteiger partial charge in [-0.25, -0.2) is 4.79 Å². The van der Waals surface area contributed by atoms with E-state index in [9.17, 15) is 31.5 Å². The van der Waals surface area contributed by atoms with Crippen LogP contribution in [-0.2, 0) is 15.5 Å². The van der Waals surface area contributed by atoms with Gasteiger partial charge in [0.25, 0.3) is 5.91 Å². The molecule has 0 aromatic carbocycles. The van der Waals surface area contributed by atoms with Crippen molar-refractivity contribution in [1.29, 1.82) is 0 Å². The maximum absolute atomic E-state index is 14.7. The van der Waals surface area contributed by atoms with E-state index in [1.165, 1.54) is 6.20 Å². The third kappa shape index (κ3) is 4.17. The maximum atomic E-state index is 14.7. The highest BCUT2D eigenvalue weighted by molar-refractivity contribution is 5.85. The molecule has 0 bridgehead atoms. The lowest BCUT2D eigenvalue weighted by atomic mass is 9.84. The Hall–Kier alpha value is -2.53. The van der Waals surface area contributed by atoms with Gasteiger partial charge >= 0.3 is 18.2 Å². The van der Waals surface area contributed by atoms with Gasteiger partial charge in [0.2, 0.25) is 0 Å². The van der Waals surface area contributed by atoms with Crippen LogP contribution in [0.4, 0.5) is 26.7 Å². The number of ether oxygens (including phenoxy) is 1. The third-order valence-electron chi connectivity index (χ3n) is 5.69. The summed E-state index contributed by atoms with van der Waals surface area (Å²) in [6.07, 6.45) is -3.59. The summed E-state index contributed by atoms with van der Waals surface area (Å²) in [6.45, 7) is 0.868. The quantitative estimate of drug-likeness (QED) is 0.681. The summed E-state index contributed by atoms with van der Waals surface area (Å²) in [5.74, 6) is -5.24. The molecule has 3 rings (SSSR count). The van der Waals surface area contributed by atoms with Crippen LogP contribution in [0.2, 0.25) is 0 Å². The minimum absolute atomic E-state index is 0.00387. The maximum Gasteiger partial charge on any atom is 0.425 e. The number of halogens is 5. The fourth-order valence-corrected chi connectivity index (χ4v) is 3.91. The van der Waals surface area contributed by atoms with Crippen molar-refractivity contribution >= 4 is 12.0 Å². The molecule has 1 spiro atoms. The number of rotatable bonds is 3. The lowest BCUT2D eigenvalue weighted by Crippen LogP contribution is -2.58. The van der Waals surface area contributed by atoms with Crippen molar-refractivity contribution in [2.75, 3.05) is 19.6 Å². The van der Waals surface area contributed by atoms with Crippen LogP contribution >= 0.6 is 0 Å². The Labute approximate surface area is 169 Å². The molecule has 2 amide bonds. The molecule has 2 aliphatic rings. The Bertz CT molecular complexity index is 782. The van der Waals surface area contributed by atoms with Crippen molar-refractivity contribution in [3.8, 4) is 0 Å². The predicted molar refractivity (Wildman–Crippen MR) is 92.4 cm³/mol. The van der Waals surface area contributed by atoms with Crippen LogP contribution in [0.15, 0.2) is 18.6 Å². The molecule has 0 saturated carbocycles. The molecule has 0 radical (unpaired) electrons. The van der Waals surface area contributed by atoms with Crippen LogP contribution in [0, 0.1) is 0 Å². The number of aromatic nitrogens is 2. The summed E-state index contributed by atoms with van der Waals surface area (Å²) in [4.78, 5) is 34.1. The second kappa shape index (κ2) is 7.95. The van der Waals surface area contributed by atoms with Crippen LogP contribution in [-0.4, -0.2) is 69.2 Å². The minimum Gasteiger partial charge on any atom is -0.437 e. The summed E-state index contributed by atoms with van der Waals surface area (Å²) < 4.78 is 71.6. The first-order chi connectivity index (χ1) is 14.0. The molecule has 0 aliphatic carbocycles. The molecule has 2 saturated heterocycles. The first kappa shape index (κ1) is 22.2. The number of likely N-dealkylation sites (tertiary alicyclic amines) is 2. The zero-order chi connectivity index (χ0) is 22.2. The number of hydrogen-bond donors (Lipinski definition) is 0. The number of alkyl halides is 5. The molecule has 7 nitrogen and oxygen atoms in total. The summed E-state index contributed by atoms with van der Waals surface area (Å²) in [5.41, 5.74) is -1.63. The van der Waals surface area contributed by atoms with E-state index in [4.69, 9.17) is 0 Å². The molecule has 2 fully saturated rings. The van der Waals surface area contributed by atoms with Crippen molar-refractivity contribution in [1.82, 2.24) is 19.8 Å². The molecule has 1 aromatic heterocycles. The highest BCUT2D eigenvalue weighted by Crippen LogP contribution is 2.42. The smallest absolute Gasteiger partial charge is 0.425 e. The van der Waals surface area contributed by atoms with Crippen LogP contribution in [0.3, 0.4) is 0 Å². The molecule has 1 atom stereocenters. The molecular weight excluding hydrogens is 415 g/mol. The fourth-order valence-electron chi connectivity index (χ4n) is 3.91. The molecule has 30 heavy (non-hydrogen) atoms. The van der Waals surface area contributed by atoms with Gasteiger partial charge in [-0.05, 0) is 32.6 Å². The van der Waals surface area contributed by atoms with Crippen molar-refractivity contribution in [2.24, 2.45) is 0 Å². The summed E-state index contributed by atoms with van der Waals surface area (Å²) in [6, 6.07) is 0. The van der Waals surface area contributed by atoms with Crippen LogP contribution in [0.5, 0.6) is 0 Å². The Balaban J connectivity index is 1.68. The molecule has 3 heterocycles. The Morgan fingerprint density at radius 2 is 1.77 bits per heavy atom. The van der Waals surface area contributed by atoms with Crippen molar-refractivity contribution < 1.29 is 36.3 Å². The molecule has 2 aliphatic heterocycles. The Morgan fingerprint density at radius 3 is 2.33 bits per heavy atom. The molecule has 1 unspecified atom stereocenters. The van der Waals surface area contributed by atoms with Crippen LogP contribution < -0.4 is 0 Å². The first-order valence-electron chi connectivity index (χ1n) is 9.46. The zero-order valence-corrected chi connectivity index (χ0v) is 16.2. The Kier molecular flexibility index (Phi) is 5.87. The van der Waals surface area contributed by atoms with E-state index in [-0.39, 0.29) is 32.5 Å².